The van der Waals surface area contributed by atoms with Gasteiger partial charge < -0.3 is 4.52 Å². The lowest BCUT2D eigenvalue weighted by Gasteiger charge is -2.21. The zero-order chi connectivity index (χ0) is 18.6. The van der Waals surface area contributed by atoms with E-state index in [-0.39, 0.29) is 0 Å². The van der Waals surface area contributed by atoms with Gasteiger partial charge in [-0.15, -0.1) is 0 Å². The predicted octanol–water partition coefficient (Wildman–Crippen LogP) is 6.11. The minimum absolute atomic E-state index is 0.452. The largest absolute Gasteiger partial charge is 0.529 e. The lowest BCUT2D eigenvalue weighted by atomic mass is 9.90. The van der Waals surface area contributed by atoms with E-state index < -0.39 is 7.82 Å². The third-order valence-corrected chi connectivity index (χ3v) is 5.47. The third kappa shape index (κ3) is 3.73. The molecule has 0 amide bonds. The van der Waals surface area contributed by atoms with Crippen molar-refractivity contribution < 1.29 is 18.1 Å². The molecule has 26 heavy (non-hydrogen) atoms. The van der Waals surface area contributed by atoms with Crippen LogP contribution in [0.4, 0.5) is 0 Å². The average Bonchev–Trinajstić information content (AvgIpc) is 2.70. The van der Waals surface area contributed by atoms with Gasteiger partial charge in [-0.05, 0) is 35.2 Å². The van der Waals surface area contributed by atoms with Crippen LogP contribution in [-0.4, -0.2) is 14.2 Å². The first-order chi connectivity index (χ1) is 12.6. The molecule has 5 heteroatoms. The molecule has 0 bridgehead atoms. The van der Waals surface area contributed by atoms with Crippen LogP contribution >= 0.6 is 7.82 Å². The van der Waals surface area contributed by atoms with E-state index in [1.54, 1.807) is 6.07 Å². The number of aryl methyl sites for hydroxylation is 1. The third-order valence-electron chi connectivity index (χ3n) is 4.16. The molecular weight excluding hydrogens is 347 g/mol. The van der Waals surface area contributed by atoms with E-state index in [9.17, 15) is 4.57 Å². The van der Waals surface area contributed by atoms with Crippen molar-refractivity contribution in [2.75, 3.05) is 14.2 Å². The minimum atomic E-state index is -3.68. The van der Waals surface area contributed by atoms with Gasteiger partial charge in [0.15, 0.2) is 0 Å². The molecule has 3 aromatic carbocycles. The van der Waals surface area contributed by atoms with Crippen molar-refractivity contribution >= 4 is 7.82 Å². The Morgan fingerprint density at radius 2 is 1.19 bits per heavy atom. The standard InChI is InChI=1S/C21H21O4P/c1-16-14-15-19(25-26(22,23-2)24-3)21(18-12-8-5-9-13-18)20(16)17-10-6-4-7-11-17/h4-15H,1-3H3. The fourth-order valence-electron chi connectivity index (χ4n) is 2.90. The van der Waals surface area contributed by atoms with Crippen LogP contribution in [0.25, 0.3) is 22.3 Å². The second kappa shape index (κ2) is 7.88. The Bertz CT molecular complexity index is 916. The Kier molecular flexibility index (Phi) is 5.58. The topological polar surface area (TPSA) is 44.8 Å². The Morgan fingerprint density at radius 1 is 0.692 bits per heavy atom. The van der Waals surface area contributed by atoms with Crippen molar-refractivity contribution in [1.29, 1.82) is 0 Å². The number of phosphoric acid groups is 1. The molecule has 0 radical (unpaired) electrons. The molecule has 0 atom stereocenters. The highest BCUT2D eigenvalue weighted by Crippen LogP contribution is 2.52. The first-order valence-electron chi connectivity index (χ1n) is 8.23. The van der Waals surface area contributed by atoms with Gasteiger partial charge in [0.1, 0.15) is 5.75 Å². The SMILES string of the molecule is COP(=O)(OC)Oc1ccc(C)c(-c2ccccc2)c1-c1ccccc1. The molecule has 0 heterocycles. The van der Waals surface area contributed by atoms with Crippen LogP contribution in [0.1, 0.15) is 5.56 Å². The van der Waals surface area contributed by atoms with Crippen molar-refractivity contribution in [2.45, 2.75) is 6.92 Å². The number of hydrogen-bond donors (Lipinski definition) is 0. The maximum Gasteiger partial charge on any atom is 0.529 e. The molecule has 134 valence electrons. The van der Waals surface area contributed by atoms with E-state index in [4.69, 9.17) is 13.6 Å². The smallest absolute Gasteiger partial charge is 0.403 e. The first-order valence-corrected chi connectivity index (χ1v) is 9.69. The fourth-order valence-corrected chi connectivity index (χ4v) is 3.59. The maximum atomic E-state index is 12.6. The lowest BCUT2D eigenvalue weighted by molar-refractivity contribution is 0.211. The van der Waals surface area contributed by atoms with Crippen LogP contribution in [-0.2, 0) is 13.6 Å². The highest BCUT2D eigenvalue weighted by Gasteiger charge is 2.27. The molecule has 0 aromatic heterocycles. The van der Waals surface area contributed by atoms with Crippen molar-refractivity contribution in [1.82, 2.24) is 0 Å². The number of rotatable bonds is 6. The number of hydrogen-bond acceptors (Lipinski definition) is 4. The molecule has 0 saturated carbocycles. The van der Waals surface area contributed by atoms with Gasteiger partial charge in [0.25, 0.3) is 0 Å². The summed E-state index contributed by atoms with van der Waals surface area (Å²) in [5.74, 6) is 0.452. The average molecular weight is 368 g/mol. The van der Waals surface area contributed by atoms with Gasteiger partial charge in [-0.25, -0.2) is 4.57 Å². The van der Waals surface area contributed by atoms with Crippen LogP contribution < -0.4 is 4.52 Å². The molecule has 0 aliphatic rings. The Labute approximate surface area is 154 Å². The summed E-state index contributed by atoms with van der Waals surface area (Å²) < 4.78 is 28.2. The highest BCUT2D eigenvalue weighted by molar-refractivity contribution is 7.48. The molecule has 4 nitrogen and oxygen atoms in total. The van der Waals surface area contributed by atoms with E-state index in [1.165, 1.54) is 14.2 Å². The normalized spacial score (nSPS) is 11.3. The highest BCUT2D eigenvalue weighted by atomic mass is 31.2. The van der Waals surface area contributed by atoms with Gasteiger partial charge in [-0.3, -0.25) is 9.05 Å². The fraction of sp³-hybridized carbons (Fsp3) is 0.143. The molecule has 0 aliphatic heterocycles. The molecular formula is C21H21O4P. The van der Waals surface area contributed by atoms with Crippen LogP contribution in [0, 0.1) is 6.92 Å². The van der Waals surface area contributed by atoms with Crippen LogP contribution in [0.3, 0.4) is 0 Å². The molecule has 0 saturated heterocycles. The zero-order valence-electron chi connectivity index (χ0n) is 15.0. The summed E-state index contributed by atoms with van der Waals surface area (Å²) in [5.41, 5.74) is 4.98. The number of benzene rings is 3. The molecule has 3 aromatic rings. The first kappa shape index (κ1) is 18.4. The van der Waals surface area contributed by atoms with E-state index >= 15 is 0 Å². The van der Waals surface area contributed by atoms with Gasteiger partial charge in [0.2, 0.25) is 0 Å². The molecule has 0 spiro atoms. The van der Waals surface area contributed by atoms with E-state index in [2.05, 4.69) is 0 Å². The van der Waals surface area contributed by atoms with E-state index in [0.717, 1.165) is 27.8 Å². The Balaban J connectivity index is 2.28. The van der Waals surface area contributed by atoms with E-state index in [1.807, 2.05) is 73.7 Å². The molecule has 3 rings (SSSR count). The van der Waals surface area contributed by atoms with Gasteiger partial charge in [-0.1, -0.05) is 66.7 Å². The van der Waals surface area contributed by atoms with Crippen molar-refractivity contribution in [3.8, 4) is 28.0 Å². The van der Waals surface area contributed by atoms with Gasteiger partial charge >= 0.3 is 7.82 Å². The van der Waals surface area contributed by atoms with Crippen molar-refractivity contribution in [2.24, 2.45) is 0 Å². The van der Waals surface area contributed by atoms with Crippen molar-refractivity contribution in [3.63, 3.8) is 0 Å². The van der Waals surface area contributed by atoms with Crippen LogP contribution in [0.15, 0.2) is 72.8 Å². The summed E-state index contributed by atoms with van der Waals surface area (Å²) in [6.07, 6.45) is 0. The molecule has 0 fully saturated rings. The van der Waals surface area contributed by atoms with E-state index in [0.29, 0.717) is 5.75 Å². The van der Waals surface area contributed by atoms with Crippen LogP contribution in [0.2, 0.25) is 0 Å². The predicted molar refractivity (Wildman–Crippen MR) is 104 cm³/mol. The Hall–Kier alpha value is -2.39. The summed E-state index contributed by atoms with van der Waals surface area (Å²) in [6.45, 7) is 2.05. The molecule has 0 N–H and O–H groups in total. The molecule has 0 unspecified atom stereocenters. The van der Waals surface area contributed by atoms with Crippen LogP contribution in [0.5, 0.6) is 5.75 Å². The second-order valence-electron chi connectivity index (χ2n) is 5.77. The van der Waals surface area contributed by atoms with Crippen molar-refractivity contribution in [3.05, 3.63) is 78.4 Å². The van der Waals surface area contributed by atoms with Gasteiger partial charge in [0, 0.05) is 19.8 Å². The monoisotopic (exact) mass is 368 g/mol. The van der Waals surface area contributed by atoms with Gasteiger partial charge in [0.05, 0.1) is 0 Å². The Morgan fingerprint density at radius 3 is 1.69 bits per heavy atom. The summed E-state index contributed by atoms with van der Waals surface area (Å²) in [6, 6.07) is 23.7. The number of phosphoric ester groups is 1. The lowest BCUT2D eigenvalue weighted by Crippen LogP contribution is -2.00. The second-order valence-corrected chi connectivity index (χ2v) is 7.57. The summed E-state index contributed by atoms with van der Waals surface area (Å²) in [7, 11) is -1.07. The summed E-state index contributed by atoms with van der Waals surface area (Å²) in [5, 5.41) is 0. The maximum absolute atomic E-state index is 12.6. The minimum Gasteiger partial charge on any atom is -0.403 e. The summed E-state index contributed by atoms with van der Waals surface area (Å²) >= 11 is 0. The van der Waals surface area contributed by atoms with Gasteiger partial charge in [-0.2, -0.15) is 0 Å². The zero-order valence-corrected chi connectivity index (χ0v) is 15.9. The molecule has 0 aliphatic carbocycles. The quantitative estimate of drug-likeness (QED) is 0.493. The summed E-state index contributed by atoms with van der Waals surface area (Å²) in [4.78, 5) is 0.